The maximum atomic E-state index is 4.44. The molecule has 8 aromatic rings. The second-order valence-electron chi connectivity index (χ2n) is 11.7. The lowest BCUT2D eigenvalue weighted by atomic mass is 9.97. The maximum Gasteiger partial charge on any atom is 0.235 e. The van der Waals surface area contributed by atoms with E-state index in [1.165, 1.54) is 53.4 Å². The molecule has 1 unspecified atom stereocenters. The van der Waals surface area contributed by atoms with Crippen molar-refractivity contribution in [2.45, 2.75) is 6.04 Å². The Morgan fingerprint density at radius 1 is 0.644 bits per heavy atom. The van der Waals surface area contributed by atoms with Crippen molar-refractivity contribution >= 4 is 70.4 Å². The van der Waals surface area contributed by atoms with E-state index in [2.05, 4.69) is 128 Å². The summed E-state index contributed by atoms with van der Waals surface area (Å²) in [5.41, 5.74) is 10.5. The van der Waals surface area contributed by atoms with Gasteiger partial charge >= 0.3 is 0 Å². The minimum absolute atomic E-state index is 0.0520. The standard InChI is InChI=1S/C40H25N4S/c1-4-15-36-30(10-1)39-37(45-36)17-16-34-38(39)31-11-5-14-35-40(31)44(34)33-13-3-2-12-32(33)43(35)29-21-27(25-8-6-18-41-23-25)20-28(22-29)26-9-7-19-42-24-26/h1-24,33H/q+1. The highest BCUT2D eigenvalue weighted by Crippen LogP contribution is 2.48. The van der Waals surface area contributed by atoms with E-state index in [4.69, 9.17) is 0 Å². The molecule has 1 aliphatic carbocycles. The number of hydrogen-bond acceptors (Lipinski definition) is 3. The predicted octanol–water partition coefficient (Wildman–Crippen LogP) is 10.2. The topological polar surface area (TPSA) is 33.7 Å². The molecule has 10 rings (SSSR count). The van der Waals surface area contributed by atoms with E-state index >= 15 is 0 Å². The summed E-state index contributed by atoms with van der Waals surface area (Å²) in [6.45, 7) is 0. The minimum atomic E-state index is 0.0520. The summed E-state index contributed by atoms with van der Waals surface area (Å²) in [4.78, 5) is 8.89. The van der Waals surface area contributed by atoms with Crippen LogP contribution in [-0.2, 0) is 0 Å². The first-order chi connectivity index (χ1) is 22.3. The normalized spacial score (nSPS) is 15.5. The highest BCUT2D eigenvalue weighted by molar-refractivity contribution is 7.26. The second kappa shape index (κ2) is 9.42. The zero-order valence-electron chi connectivity index (χ0n) is 24.1. The molecule has 2 aliphatic rings. The van der Waals surface area contributed by atoms with Crippen LogP contribution in [0.3, 0.4) is 0 Å². The third-order valence-corrected chi connectivity index (χ3v) is 10.4. The van der Waals surface area contributed by atoms with Gasteiger partial charge in [-0.05, 0) is 47.5 Å². The molecule has 4 aromatic heterocycles. The van der Waals surface area contributed by atoms with E-state index in [1.807, 2.05) is 48.3 Å². The summed E-state index contributed by atoms with van der Waals surface area (Å²) >= 11 is 1.88. The molecular formula is C40H25N4S+. The Hall–Kier alpha value is -5.65. The highest BCUT2D eigenvalue weighted by Gasteiger charge is 2.38. The number of pyridine rings is 2. The Bertz CT molecular complexity index is 2530. The van der Waals surface area contributed by atoms with Crippen molar-refractivity contribution in [3.8, 4) is 22.3 Å². The van der Waals surface area contributed by atoms with Gasteiger partial charge in [0.15, 0.2) is 0 Å². The number of para-hydroxylation sites is 1. The van der Waals surface area contributed by atoms with Crippen molar-refractivity contribution in [1.29, 1.82) is 0 Å². The Balaban J connectivity index is 1.32. The molecule has 0 amide bonds. The van der Waals surface area contributed by atoms with Gasteiger partial charge in [0.25, 0.3) is 0 Å². The SMILES string of the molecule is C1=CC2=[N+](c3cc(-c4cccnc4)cc(-c4cccnc4)c3)c3cccc4c5c6c(ccc5n(c34)C2C=C1)sc1ccccc16. The molecule has 1 aliphatic heterocycles. The summed E-state index contributed by atoms with van der Waals surface area (Å²) < 4.78 is 7.69. The van der Waals surface area contributed by atoms with Crippen molar-refractivity contribution in [2.75, 3.05) is 0 Å². The second-order valence-corrected chi connectivity index (χ2v) is 12.8. The first-order valence-electron chi connectivity index (χ1n) is 15.2. The summed E-state index contributed by atoms with van der Waals surface area (Å²) in [6, 6.07) is 35.4. The van der Waals surface area contributed by atoms with E-state index in [9.17, 15) is 0 Å². The largest absolute Gasteiger partial charge is 0.318 e. The minimum Gasteiger partial charge on any atom is -0.318 e. The summed E-state index contributed by atoms with van der Waals surface area (Å²) in [7, 11) is 0. The van der Waals surface area contributed by atoms with Crippen LogP contribution in [0.1, 0.15) is 6.04 Å². The van der Waals surface area contributed by atoms with Crippen LogP contribution in [0.5, 0.6) is 0 Å². The number of benzene rings is 4. The van der Waals surface area contributed by atoms with E-state index in [1.54, 1.807) is 0 Å². The van der Waals surface area contributed by atoms with E-state index in [0.29, 0.717) is 0 Å². The first kappa shape index (κ1) is 24.8. The van der Waals surface area contributed by atoms with Gasteiger partial charge in [-0.25, -0.2) is 0 Å². The van der Waals surface area contributed by atoms with Crippen LogP contribution in [0.15, 0.2) is 146 Å². The monoisotopic (exact) mass is 593 g/mol. The average molecular weight is 594 g/mol. The number of rotatable bonds is 3. The van der Waals surface area contributed by atoms with Gasteiger partial charge in [0.1, 0.15) is 11.6 Å². The number of aromatic nitrogens is 3. The molecule has 0 N–H and O–H groups in total. The molecule has 0 fully saturated rings. The maximum absolute atomic E-state index is 4.44. The zero-order valence-corrected chi connectivity index (χ0v) is 24.9. The number of thiophene rings is 1. The molecule has 0 radical (unpaired) electrons. The van der Waals surface area contributed by atoms with Gasteiger partial charge in [-0.1, -0.05) is 60.7 Å². The van der Waals surface area contributed by atoms with Crippen LogP contribution in [0.4, 0.5) is 11.4 Å². The van der Waals surface area contributed by atoms with E-state index in [0.717, 1.165) is 27.9 Å². The van der Waals surface area contributed by atoms with Crippen molar-refractivity contribution in [3.63, 3.8) is 0 Å². The fraction of sp³-hybridized carbons (Fsp3) is 0.0250. The molecule has 0 saturated heterocycles. The molecule has 5 heteroatoms. The van der Waals surface area contributed by atoms with Crippen LogP contribution in [0.2, 0.25) is 0 Å². The average Bonchev–Trinajstić information content (AvgIpc) is 3.66. The Morgan fingerprint density at radius 2 is 1.42 bits per heavy atom. The van der Waals surface area contributed by atoms with Gasteiger partial charge in [0.2, 0.25) is 17.1 Å². The zero-order chi connectivity index (χ0) is 29.5. The van der Waals surface area contributed by atoms with Crippen molar-refractivity contribution in [2.24, 2.45) is 0 Å². The van der Waals surface area contributed by atoms with E-state index < -0.39 is 0 Å². The van der Waals surface area contributed by atoms with Crippen LogP contribution in [0, 0.1) is 0 Å². The van der Waals surface area contributed by atoms with E-state index in [-0.39, 0.29) is 6.04 Å². The molecule has 4 aromatic carbocycles. The molecule has 45 heavy (non-hydrogen) atoms. The molecule has 0 bridgehead atoms. The molecule has 0 spiro atoms. The molecule has 210 valence electrons. The molecule has 1 atom stereocenters. The Kier molecular flexibility index (Phi) is 5.18. The van der Waals surface area contributed by atoms with Crippen LogP contribution in [-0.4, -0.2) is 20.2 Å². The number of hydrogen-bond donors (Lipinski definition) is 0. The van der Waals surface area contributed by atoms with Crippen LogP contribution >= 0.6 is 11.3 Å². The van der Waals surface area contributed by atoms with Gasteiger partial charge in [0.05, 0.1) is 5.52 Å². The van der Waals surface area contributed by atoms with Gasteiger partial charge in [-0.3, -0.25) is 9.97 Å². The summed E-state index contributed by atoms with van der Waals surface area (Å²) in [5, 5.41) is 5.32. The summed E-state index contributed by atoms with van der Waals surface area (Å²) in [5.74, 6) is 0. The van der Waals surface area contributed by atoms with Gasteiger partial charge in [-0.15, -0.1) is 11.3 Å². The predicted molar refractivity (Wildman–Crippen MR) is 189 cm³/mol. The number of allylic oxidation sites excluding steroid dienone is 4. The van der Waals surface area contributed by atoms with Gasteiger partial charge in [0, 0.05) is 91.1 Å². The molecule has 4 nitrogen and oxygen atoms in total. The lowest BCUT2D eigenvalue weighted by molar-refractivity contribution is 0.781. The lowest BCUT2D eigenvalue weighted by Crippen LogP contribution is -2.30. The third-order valence-electron chi connectivity index (χ3n) is 9.22. The number of nitrogens with zero attached hydrogens (tertiary/aromatic N) is 4. The van der Waals surface area contributed by atoms with Crippen LogP contribution in [0.25, 0.3) is 64.2 Å². The summed E-state index contributed by atoms with van der Waals surface area (Å²) in [6.07, 6.45) is 16.5. The third kappa shape index (κ3) is 3.56. The fourth-order valence-corrected chi connectivity index (χ4v) is 8.48. The lowest BCUT2D eigenvalue weighted by Gasteiger charge is -2.25. The molecule has 0 saturated carbocycles. The molecular weight excluding hydrogens is 569 g/mol. The Labute approximate surface area is 263 Å². The quantitative estimate of drug-likeness (QED) is 0.191. The molecule has 5 heterocycles. The fourth-order valence-electron chi connectivity index (χ4n) is 7.37. The van der Waals surface area contributed by atoms with Crippen LogP contribution < -0.4 is 4.58 Å². The highest BCUT2D eigenvalue weighted by atomic mass is 32.1. The van der Waals surface area contributed by atoms with Gasteiger partial charge in [-0.2, -0.15) is 4.58 Å². The Morgan fingerprint density at radius 3 is 2.20 bits per heavy atom. The first-order valence-corrected chi connectivity index (χ1v) is 16.0. The smallest absolute Gasteiger partial charge is 0.235 e. The number of fused-ring (bicyclic) bond motifs is 9. The van der Waals surface area contributed by atoms with Crippen molar-refractivity contribution in [1.82, 2.24) is 19.1 Å². The van der Waals surface area contributed by atoms with Gasteiger partial charge < -0.3 is 4.57 Å². The van der Waals surface area contributed by atoms with Crippen molar-refractivity contribution in [3.05, 3.63) is 146 Å². The van der Waals surface area contributed by atoms with Crippen molar-refractivity contribution < 1.29 is 0 Å².